The van der Waals surface area contributed by atoms with Crippen molar-refractivity contribution in [3.63, 3.8) is 0 Å². The molecule has 0 fully saturated rings. The fourth-order valence-corrected chi connectivity index (χ4v) is 1.72. The number of rotatable bonds is 5. The maximum Gasteiger partial charge on any atom is 0.303 e. The smallest absolute Gasteiger partial charge is 0.303 e. The molecular weight excluding hydrogens is 218 g/mol. The van der Waals surface area contributed by atoms with Crippen molar-refractivity contribution >= 4 is 11.9 Å². The summed E-state index contributed by atoms with van der Waals surface area (Å²) in [5.74, 6) is -1.00. The van der Waals surface area contributed by atoms with Crippen molar-refractivity contribution in [2.45, 2.75) is 32.7 Å². The average Bonchev–Trinajstić information content (AvgIpc) is 2.23. The van der Waals surface area contributed by atoms with Crippen LogP contribution in [0.4, 0.5) is 0 Å². The topological polar surface area (TPSA) is 66.4 Å². The summed E-state index contributed by atoms with van der Waals surface area (Å²) in [4.78, 5) is 21.7. The predicted octanol–water partition coefficient (Wildman–Crippen LogP) is 2.04. The zero-order valence-corrected chi connectivity index (χ0v) is 10.1. The van der Waals surface area contributed by atoms with Crippen LogP contribution in [0.2, 0.25) is 0 Å². The highest BCUT2D eigenvalue weighted by molar-refractivity contribution is 5.73. The van der Waals surface area contributed by atoms with Gasteiger partial charge in [0, 0.05) is 13.3 Å². The van der Waals surface area contributed by atoms with Gasteiger partial charge < -0.3 is 10.4 Å². The van der Waals surface area contributed by atoms with Gasteiger partial charge >= 0.3 is 5.97 Å². The van der Waals surface area contributed by atoms with E-state index < -0.39 is 5.97 Å². The van der Waals surface area contributed by atoms with Gasteiger partial charge in [0.25, 0.3) is 0 Å². The quantitative estimate of drug-likeness (QED) is 0.820. The third kappa shape index (κ3) is 4.68. The first-order valence-corrected chi connectivity index (χ1v) is 5.54. The van der Waals surface area contributed by atoms with Gasteiger partial charge in [-0.15, -0.1) is 0 Å². The highest BCUT2D eigenvalue weighted by atomic mass is 16.4. The van der Waals surface area contributed by atoms with Gasteiger partial charge in [-0.05, 0) is 18.9 Å². The third-order valence-electron chi connectivity index (χ3n) is 2.47. The molecule has 0 radical (unpaired) electrons. The molecule has 4 nitrogen and oxygen atoms in total. The Morgan fingerprint density at radius 2 is 2.12 bits per heavy atom. The minimum absolute atomic E-state index is 0.0406. The first-order valence-electron chi connectivity index (χ1n) is 5.54. The fraction of sp³-hybridized carbons (Fsp3) is 0.385. The summed E-state index contributed by atoms with van der Waals surface area (Å²) >= 11 is 0. The summed E-state index contributed by atoms with van der Waals surface area (Å²) in [5.41, 5.74) is 2.04. The van der Waals surface area contributed by atoms with Crippen molar-refractivity contribution in [3.05, 3.63) is 35.4 Å². The number of aryl methyl sites for hydroxylation is 1. The molecule has 17 heavy (non-hydrogen) atoms. The lowest BCUT2D eigenvalue weighted by atomic mass is 10.00. The van der Waals surface area contributed by atoms with E-state index in [9.17, 15) is 9.59 Å². The van der Waals surface area contributed by atoms with Crippen LogP contribution in [0.15, 0.2) is 24.3 Å². The summed E-state index contributed by atoms with van der Waals surface area (Å²) in [7, 11) is 0. The van der Waals surface area contributed by atoms with E-state index in [2.05, 4.69) is 5.32 Å². The predicted molar refractivity (Wildman–Crippen MR) is 64.6 cm³/mol. The van der Waals surface area contributed by atoms with Crippen molar-refractivity contribution < 1.29 is 14.7 Å². The largest absolute Gasteiger partial charge is 0.481 e. The molecule has 1 unspecified atom stereocenters. The number of carboxylic acid groups (broad SMARTS) is 1. The second-order valence-corrected chi connectivity index (χ2v) is 4.10. The van der Waals surface area contributed by atoms with Gasteiger partial charge in [0.15, 0.2) is 0 Å². The van der Waals surface area contributed by atoms with Crippen LogP contribution in [-0.2, 0) is 9.59 Å². The fourth-order valence-electron chi connectivity index (χ4n) is 1.72. The molecule has 92 valence electrons. The van der Waals surface area contributed by atoms with E-state index in [1.807, 2.05) is 31.2 Å². The van der Waals surface area contributed by atoms with Crippen LogP contribution in [0.1, 0.15) is 36.9 Å². The summed E-state index contributed by atoms with van der Waals surface area (Å²) < 4.78 is 0. The Hall–Kier alpha value is -1.84. The number of carbonyl (C=O) groups excluding carboxylic acids is 1. The van der Waals surface area contributed by atoms with E-state index in [0.29, 0.717) is 6.42 Å². The Morgan fingerprint density at radius 1 is 1.41 bits per heavy atom. The van der Waals surface area contributed by atoms with Gasteiger partial charge in [0.05, 0.1) is 6.04 Å². The molecule has 0 aliphatic carbocycles. The summed E-state index contributed by atoms with van der Waals surface area (Å²) in [6.07, 6.45) is 0.442. The second kappa shape index (κ2) is 6.03. The van der Waals surface area contributed by atoms with Gasteiger partial charge in [-0.1, -0.05) is 29.8 Å². The average molecular weight is 235 g/mol. The highest BCUT2D eigenvalue weighted by Gasteiger charge is 2.14. The molecule has 1 rings (SSSR count). The van der Waals surface area contributed by atoms with E-state index in [1.54, 1.807) is 0 Å². The molecule has 0 aromatic heterocycles. The van der Waals surface area contributed by atoms with Crippen molar-refractivity contribution in [2.75, 3.05) is 0 Å². The van der Waals surface area contributed by atoms with E-state index >= 15 is 0 Å². The first kappa shape index (κ1) is 13.2. The minimum atomic E-state index is -0.854. The summed E-state index contributed by atoms with van der Waals surface area (Å²) in [6.45, 7) is 3.40. The Labute approximate surface area is 101 Å². The van der Waals surface area contributed by atoms with Crippen LogP contribution in [0.5, 0.6) is 0 Å². The van der Waals surface area contributed by atoms with Crippen LogP contribution in [0.3, 0.4) is 0 Å². The van der Waals surface area contributed by atoms with E-state index in [1.165, 1.54) is 6.92 Å². The zero-order chi connectivity index (χ0) is 12.8. The van der Waals surface area contributed by atoms with Gasteiger partial charge in [0.2, 0.25) is 5.91 Å². The maximum atomic E-state index is 11.1. The molecule has 0 heterocycles. The van der Waals surface area contributed by atoms with Crippen molar-refractivity contribution in [3.8, 4) is 0 Å². The van der Waals surface area contributed by atoms with Crippen LogP contribution in [-0.4, -0.2) is 17.0 Å². The van der Waals surface area contributed by atoms with E-state index in [-0.39, 0.29) is 18.4 Å². The number of carboxylic acids is 1. The number of hydrogen-bond donors (Lipinski definition) is 2. The lowest BCUT2D eigenvalue weighted by Crippen LogP contribution is -2.26. The van der Waals surface area contributed by atoms with Crippen molar-refractivity contribution in [1.82, 2.24) is 5.32 Å². The summed E-state index contributed by atoms with van der Waals surface area (Å²) in [5, 5.41) is 11.5. The minimum Gasteiger partial charge on any atom is -0.481 e. The molecule has 1 aromatic carbocycles. The van der Waals surface area contributed by atoms with Crippen LogP contribution in [0.25, 0.3) is 0 Å². The van der Waals surface area contributed by atoms with E-state index in [4.69, 9.17) is 5.11 Å². The van der Waals surface area contributed by atoms with Crippen molar-refractivity contribution in [1.29, 1.82) is 0 Å². The molecule has 4 heteroatoms. The Morgan fingerprint density at radius 3 is 2.65 bits per heavy atom. The summed E-state index contributed by atoms with van der Waals surface area (Å²) in [6, 6.07) is 7.49. The lowest BCUT2D eigenvalue weighted by molar-refractivity contribution is -0.137. The standard InChI is InChI=1S/C13H17NO3/c1-9-4-3-5-11(8-9)12(14-10(2)15)6-7-13(16)17/h3-5,8,12H,6-7H2,1-2H3,(H,14,15)(H,16,17). The molecule has 0 aliphatic heterocycles. The van der Waals surface area contributed by atoms with Crippen LogP contribution >= 0.6 is 0 Å². The number of nitrogens with one attached hydrogen (secondary N) is 1. The van der Waals surface area contributed by atoms with Gasteiger partial charge in [-0.2, -0.15) is 0 Å². The second-order valence-electron chi connectivity index (χ2n) is 4.10. The number of aliphatic carboxylic acids is 1. The SMILES string of the molecule is CC(=O)NC(CCC(=O)O)c1cccc(C)c1. The number of benzene rings is 1. The monoisotopic (exact) mass is 235 g/mol. The number of hydrogen-bond acceptors (Lipinski definition) is 2. The van der Waals surface area contributed by atoms with Gasteiger partial charge in [-0.3, -0.25) is 9.59 Å². The molecular formula is C13H17NO3. The highest BCUT2D eigenvalue weighted by Crippen LogP contribution is 2.19. The molecule has 0 bridgehead atoms. The Kier molecular flexibility index (Phi) is 4.69. The molecule has 0 saturated heterocycles. The van der Waals surface area contributed by atoms with Crippen LogP contribution in [0, 0.1) is 6.92 Å². The molecule has 0 saturated carbocycles. The van der Waals surface area contributed by atoms with Crippen molar-refractivity contribution in [2.24, 2.45) is 0 Å². The van der Waals surface area contributed by atoms with E-state index in [0.717, 1.165) is 11.1 Å². The van der Waals surface area contributed by atoms with Gasteiger partial charge in [-0.25, -0.2) is 0 Å². The molecule has 2 N–H and O–H groups in total. The number of carbonyl (C=O) groups is 2. The Bertz CT molecular complexity index is 415. The molecule has 1 aromatic rings. The molecule has 1 atom stereocenters. The first-order chi connectivity index (χ1) is 7.99. The number of amides is 1. The zero-order valence-electron chi connectivity index (χ0n) is 10.1. The molecule has 1 amide bonds. The van der Waals surface area contributed by atoms with Gasteiger partial charge in [0.1, 0.15) is 0 Å². The molecule has 0 aliphatic rings. The maximum absolute atomic E-state index is 11.1. The molecule has 0 spiro atoms. The Balaban J connectivity index is 2.81. The normalized spacial score (nSPS) is 11.9. The van der Waals surface area contributed by atoms with Crippen LogP contribution < -0.4 is 5.32 Å². The third-order valence-corrected chi connectivity index (χ3v) is 2.47. The lowest BCUT2D eigenvalue weighted by Gasteiger charge is -2.17.